The first-order valence-electron chi connectivity index (χ1n) is 21.2. The number of hydrogen-bond donors (Lipinski definition) is 0. The number of rotatable bonds is 45. The van der Waals surface area contributed by atoms with Gasteiger partial charge in [-0.25, -0.2) is 0 Å². The Morgan fingerprint density at radius 3 is 0.247 bits per heavy atom. The monoisotopic (exact) mass is 2980 g/mol. The van der Waals surface area contributed by atoms with E-state index in [-0.39, 0.29) is 90.8 Å². The Hall–Kier alpha value is 40.0. The average Bonchev–Trinajstić information content (AvgIpc) is 3.33. The zero-order valence-corrected chi connectivity index (χ0v) is 143. The average molecular weight is 2980 g/mol. The first kappa shape index (κ1) is 133. The summed E-state index contributed by atoms with van der Waals surface area (Å²) >= 11 is 0. The van der Waals surface area contributed by atoms with Gasteiger partial charge >= 0.3 is 0 Å². The molecule has 0 N–H and O–H groups in total. The molecule has 0 spiro atoms. The Morgan fingerprint density at radius 1 is 0.0968 bits per heavy atom. The van der Waals surface area contributed by atoms with E-state index >= 15 is 0 Å². The van der Waals surface area contributed by atoms with Gasteiger partial charge in [0.25, 0.3) is 0 Å². The zero-order chi connectivity index (χ0) is 73.7. The van der Waals surface area contributed by atoms with Gasteiger partial charge in [-0.2, -0.15) is 0 Å². The molecule has 0 aliphatic carbocycles. The van der Waals surface area contributed by atoms with Crippen LogP contribution in [0.15, 0.2) is 0 Å². The highest BCUT2D eigenvalue weighted by Crippen LogP contribution is 3.54. The number of hydrogen-bond acceptors (Lipinski definition) is 0. The molecular formula is H95P93. The molecule has 0 aliphatic rings. The second-order valence-electron chi connectivity index (χ2n) is 14.8. The Bertz CT molecular complexity index is 1510. The smallest absolute Gasteiger partial charge is 0.000000570 e. The second-order valence-corrected chi connectivity index (χ2v) is 399. The highest BCUT2D eigenvalue weighted by Gasteiger charge is 2.67. The van der Waals surface area contributed by atoms with Gasteiger partial charge in [0, 0.05) is 0 Å². The van der Waals surface area contributed by atoms with Crippen LogP contribution in [0.3, 0.4) is 0 Å². The molecule has 0 radical (unpaired) electrons. The van der Waals surface area contributed by atoms with Crippen LogP contribution in [0, 0.1) is 0 Å². The van der Waals surface area contributed by atoms with Gasteiger partial charge in [-0.05, 0) is 314 Å². The van der Waals surface area contributed by atoms with Crippen molar-refractivity contribution in [3.8, 4) is 0 Å². The van der Waals surface area contributed by atoms with E-state index in [1.165, 1.54) is 0 Å². The van der Waals surface area contributed by atoms with Gasteiger partial charge in [-0.15, -0.1) is 420 Å². The summed E-state index contributed by atoms with van der Waals surface area (Å²) in [4.78, 5) is 0. The third kappa shape index (κ3) is 46.9. The summed E-state index contributed by atoms with van der Waals surface area (Å²) in [6.45, 7) is -18.5. The van der Waals surface area contributed by atoms with Crippen molar-refractivity contribution in [2.45, 2.75) is 0 Å². The minimum atomic E-state index is -0.583. The normalized spacial score (nSPS) is 15.7. The summed E-state index contributed by atoms with van der Waals surface area (Å²) in [5.74, 6) is 0. The van der Waals surface area contributed by atoms with E-state index in [9.17, 15) is 0 Å². The molecule has 0 amide bonds. The predicted octanol–water partition coefficient (Wildman–Crippen LogP) is 54.7. The molecular weight excluding hydrogens is 2880 g/mol. The van der Waals surface area contributed by atoms with E-state index in [2.05, 4.69) is 420 Å². The van der Waals surface area contributed by atoms with E-state index in [1.54, 1.807) is 0 Å². The third-order valence-corrected chi connectivity index (χ3v) is 668. The summed E-state index contributed by atoms with van der Waals surface area (Å²) in [5.41, 5.74) is 0. The van der Waals surface area contributed by atoms with Crippen molar-refractivity contribution in [3.05, 3.63) is 0 Å². The van der Waals surface area contributed by atoms with Crippen molar-refractivity contribution in [2.75, 3.05) is 0 Å². The summed E-state index contributed by atoms with van der Waals surface area (Å²) in [5, 5.41) is 0. The van der Waals surface area contributed by atoms with Crippen molar-refractivity contribution in [3.63, 3.8) is 0 Å². The first-order valence-corrected chi connectivity index (χ1v) is 191. The van der Waals surface area contributed by atoms with Crippen molar-refractivity contribution in [2.24, 2.45) is 0 Å². The van der Waals surface area contributed by atoms with Crippen molar-refractivity contribution < 1.29 is 0 Å². The Kier molecular flexibility index (Phi) is 105. The molecule has 0 fully saturated rings. The van der Waals surface area contributed by atoms with E-state index in [0.29, 0.717) is 0 Å². The lowest BCUT2D eigenvalue weighted by Crippen LogP contribution is -1.76. The van der Waals surface area contributed by atoms with Crippen LogP contribution in [0.25, 0.3) is 0 Å². The molecule has 0 aromatic heterocycles. The molecule has 0 aliphatic heterocycles. The maximum Gasteiger partial charge on any atom is -0.000000570 e. The summed E-state index contributed by atoms with van der Waals surface area (Å²) < 4.78 is 0. The molecule has 0 nitrogen and oxygen atoms in total. The topological polar surface area (TPSA) is 0 Å². The van der Waals surface area contributed by atoms with Crippen LogP contribution in [0.5, 0.6) is 0 Å². The van der Waals surface area contributed by atoms with E-state index in [4.69, 9.17) is 0 Å². The Balaban J connectivity index is 14.1. The van der Waals surface area contributed by atoms with E-state index in [0.717, 1.165) is 7.96 Å². The standard InChI is InChI=1S/H95P93/c1-48-72(49(2)3)84(73(50(4)5)51(6)7)90(85(74(52(8)9)53(10)11)75(54(12)13)55(14)15)93(91(86(76(56(16)17)57(18)19)77(58(20)21)59(22)23)87(78(60(24)25)61(26)27)79(62(28)29)63(30)31)92(88(80(64(32)33)65(34)35)81(66(36)37)67(38)39)89(82(68(40)41)69(42)43)83(70(44)45)71(46)47/h48H,1-47H2. The van der Waals surface area contributed by atoms with Gasteiger partial charge in [0.1, 0.15) is 0 Å². The molecule has 560 valence electrons. The van der Waals surface area contributed by atoms with Crippen LogP contribution < -0.4 is 0 Å². The fraction of sp³-hybridized carbons (Fsp3) is 0. The van der Waals surface area contributed by atoms with Crippen LogP contribution in [-0.4, -0.2) is 0 Å². The van der Waals surface area contributed by atoms with Crippen molar-refractivity contribution in [1.82, 2.24) is 0 Å². The van der Waals surface area contributed by atoms with Crippen LogP contribution in [-0.2, 0) is 0 Å². The molecule has 51 unspecified atom stereocenters. The molecule has 0 bridgehead atoms. The Morgan fingerprint density at radius 2 is 0.172 bits per heavy atom. The van der Waals surface area contributed by atoms with E-state index in [1.807, 2.05) is 0 Å². The molecule has 0 saturated carbocycles. The highest BCUT2D eigenvalue weighted by atomic mass is 33.7. The maximum absolute atomic E-state index is 3.77. The molecule has 93 heavy (non-hydrogen) atoms. The Labute approximate surface area is 730 Å². The largest absolute Gasteiger partial charge is 0.109 e. The SMILES string of the molecule is PPP(P(P)P)P(P(P(P)P)P(P)P)P(P(P(P(P)P)P(P)P)P(P(P)P)P(P)P)P(P(P(P(P(P)P)P(P)P)P(P(P)P)P(P)P)P(P(P(P)P)P(P)P)P(P(P)P)P(P)P)P(P(P(P(P)P)P(P)P)P(P(P)P)P(P)P)P(P(P(P)P)P(P)P)P(P(P)P)P(P)P. The van der Waals surface area contributed by atoms with E-state index < -0.39 is 224 Å². The van der Waals surface area contributed by atoms with Gasteiger partial charge in [-0.1, -0.05) is 7.96 Å². The molecule has 51 atom stereocenters. The molecule has 0 saturated heterocycles. The lowest BCUT2D eigenvalue weighted by Gasteiger charge is -2.63. The quantitative estimate of drug-likeness (QED) is 0.0533. The summed E-state index contributed by atoms with van der Waals surface area (Å²) in [6, 6.07) is 0. The lowest BCUT2D eigenvalue weighted by atomic mass is 28.3. The van der Waals surface area contributed by atoms with Gasteiger partial charge in [0.05, 0.1) is 0 Å². The van der Waals surface area contributed by atoms with Crippen molar-refractivity contribution in [1.29, 1.82) is 0 Å². The first-order chi connectivity index (χ1) is 42.3. The van der Waals surface area contributed by atoms with Gasteiger partial charge in [0.2, 0.25) is 0 Å². The maximum atomic E-state index is 3.77. The summed E-state index contributed by atoms with van der Waals surface area (Å²) in [7, 11) is 178. The van der Waals surface area contributed by atoms with Crippen LogP contribution in [0.2, 0.25) is 0 Å². The minimum absolute atomic E-state index is 0.329. The second kappa shape index (κ2) is 73.1. The molecule has 0 aromatic rings. The highest BCUT2D eigenvalue weighted by molar-refractivity contribution is 9.60. The molecule has 0 heterocycles. The third-order valence-electron chi connectivity index (χ3n) is 8.25. The predicted molar refractivity (Wildman–Crippen MR) is 776 cm³/mol. The van der Waals surface area contributed by atoms with Gasteiger partial charge in [-0.3, -0.25) is 0 Å². The van der Waals surface area contributed by atoms with Gasteiger partial charge in [0.15, 0.2) is 0 Å². The van der Waals surface area contributed by atoms with Gasteiger partial charge < -0.3 is 0 Å². The fourth-order valence-electron chi connectivity index (χ4n) is 5.71. The molecule has 0 aromatic carbocycles. The minimum Gasteiger partial charge on any atom is -0.109 e. The molecule has 93 heteroatoms. The van der Waals surface area contributed by atoms with Crippen LogP contribution in [0.1, 0.15) is 0 Å². The van der Waals surface area contributed by atoms with Crippen LogP contribution in [0.4, 0.5) is 0 Å². The zero-order valence-electron chi connectivity index (χ0n) is 47.8. The molecule has 0 rings (SSSR count). The lowest BCUT2D eigenvalue weighted by molar-refractivity contribution is 4.29. The fourth-order valence-corrected chi connectivity index (χ4v) is 1390. The van der Waals surface area contributed by atoms with Crippen molar-refractivity contribution >= 4 is 742 Å². The van der Waals surface area contributed by atoms with Crippen LogP contribution >= 0.6 is 742 Å². The summed E-state index contributed by atoms with van der Waals surface area (Å²) in [6.07, 6.45) is 0.